The van der Waals surface area contributed by atoms with Gasteiger partial charge in [0.15, 0.2) is 17.7 Å². The number of nitrogens with one attached hydrogen (secondary N) is 2. The smallest absolute Gasteiger partial charge is 0.254 e. The normalized spacial score (nSPS) is 15.0. The Morgan fingerprint density at radius 1 is 1.21 bits per heavy atom. The first kappa shape index (κ1) is 25.5. The average Bonchev–Trinajstić information content (AvgIpc) is 2.84. The van der Waals surface area contributed by atoms with Crippen molar-refractivity contribution in [3.8, 4) is 5.75 Å². The second kappa shape index (κ2) is 12.4. The maximum absolute atomic E-state index is 15.2. The molecule has 2 aromatic rings. The van der Waals surface area contributed by atoms with Crippen molar-refractivity contribution in [3.05, 3.63) is 64.7 Å². The van der Waals surface area contributed by atoms with E-state index in [9.17, 15) is 9.18 Å². The Kier molecular flexibility index (Phi) is 9.32. The zero-order valence-corrected chi connectivity index (χ0v) is 19.1. The molecule has 3 rings (SSSR count). The number of morpholine rings is 1. The number of carbonyl (C=O) groups excluding carboxylic acids is 1. The summed E-state index contributed by atoms with van der Waals surface area (Å²) in [6.07, 6.45) is -1.48. The fraction of sp³-hybridized carbons (Fsp3) is 0.417. The third-order valence-corrected chi connectivity index (χ3v) is 5.43. The lowest BCUT2D eigenvalue weighted by Crippen LogP contribution is -2.38. The first-order chi connectivity index (χ1) is 16.4. The molecule has 0 aliphatic carbocycles. The summed E-state index contributed by atoms with van der Waals surface area (Å²) < 4.78 is 46.2. The zero-order valence-electron chi connectivity index (χ0n) is 19.1. The molecule has 2 aromatic carbocycles. The second-order valence-corrected chi connectivity index (χ2v) is 7.74. The highest BCUT2D eigenvalue weighted by molar-refractivity contribution is 5.94. The highest BCUT2D eigenvalue weighted by atomic mass is 19.1. The standard InChI is InChI=1S/C24H30F2N4O4/c1-2-33-22(24(31)29-15-16-3-5-17(6-4-16)23(27)28)20-18(25)7-8-19(21(20)26)34-14-11-30-9-12-32-13-10-30/h3-8,22H,2,9-15H2,1H3,(H3,27,28)(H,29,31)/t22-/m0/s1. The molecule has 1 fully saturated rings. The molecule has 1 aliphatic rings. The second-order valence-electron chi connectivity index (χ2n) is 7.74. The molecule has 0 saturated carbocycles. The summed E-state index contributed by atoms with van der Waals surface area (Å²) in [5.74, 6) is -2.73. The van der Waals surface area contributed by atoms with Gasteiger partial charge in [-0.05, 0) is 24.6 Å². The van der Waals surface area contributed by atoms with Crippen LogP contribution in [0.3, 0.4) is 0 Å². The van der Waals surface area contributed by atoms with Crippen LogP contribution in [-0.2, 0) is 20.8 Å². The molecule has 0 aromatic heterocycles. The molecule has 10 heteroatoms. The highest BCUT2D eigenvalue weighted by Crippen LogP contribution is 2.30. The lowest BCUT2D eigenvalue weighted by Gasteiger charge is -2.26. The topological polar surface area (TPSA) is 110 Å². The number of carbonyl (C=O) groups is 1. The van der Waals surface area contributed by atoms with Crippen LogP contribution in [0.5, 0.6) is 5.75 Å². The van der Waals surface area contributed by atoms with Crippen molar-refractivity contribution in [3.63, 3.8) is 0 Å². The van der Waals surface area contributed by atoms with Crippen molar-refractivity contribution < 1.29 is 27.8 Å². The maximum Gasteiger partial charge on any atom is 0.254 e. The Morgan fingerprint density at radius 2 is 1.91 bits per heavy atom. The summed E-state index contributed by atoms with van der Waals surface area (Å²) >= 11 is 0. The van der Waals surface area contributed by atoms with E-state index >= 15 is 4.39 Å². The van der Waals surface area contributed by atoms with Crippen LogP contribution in [0.4, 0.5) is 8.78 Å². The fourth-order valence-electron chi connectivity index (χ4n) is 3.55. The third kappa shape index (κ3) is 6.72. The molecule has 8 nitrogen and oxygen atoms in total. The van der Waals surface area contributed by atoms with E-state index in [-0.39, 0.29) is 31.3 Å². The van der Waals surface area contributed by atoms with Crippen LogP contribution in [0.15, 0.2) is 36.4 Å². The number of hydrogen-bond donors (Lipinski definition) is 3. The van der Waals surface area contributed by atoms with Crippen molar-refractivity contribution in [2.24, 2.45) is 5.73 Å². The molecular weight excluding hydrogens is 446 g/mol. The minimum absolute atomic E-state index is 0.0648. The quantitative estimate of drug-likeness (QED) is 0.339. The summed E-state index contributed by atoms with van der Waals surface area (Å²) in [5, 5.41) is 10.1. The monoisotopic (exact) mass is 476 g/mol. The van der Waals surface area contributed by atoms with Crippen LogP contribution in [0.1, 0.15) is 29.7 Å². The van der Waals surface area contributed by atoms with Gasteiger partial charge in [0.25, 0.3) is 5.91 Å². The molecule has 0 unspecified atom stereocenters. The Labute approximate surface area is 197 Å². The number of ether oxygens (including phenoxy) is 3. The maximum atomic E-state index is 15.2. The molecule has 0 radical (unpaired) electrons. The van der Waals surface area contributed by atoms with Crippen LogP contribution in [0, 0.1) is 17.0 Å². The predicted molar refractivity (Wildman–Crippen MR) is 123 cm³/mol. The summed E-state index contributed by atoms with van der Waals surface area (Å²) in [6, 6.07) is 9.00. The number of benzene rings is 2. The predicted octanol–water partition coefficient (Wildman–Crippen LogP) is 2.35. The number of nitrogens with two attached hydrogens (primary N) is 1. The molecule has 4 N–H and O–H groups in total. The number of amides is 1. The summed E-state index contributed by atoms with van der Waals surface area (Å²) in [5.41, 5.74) is 6.23. The molecule has 184 valence electrons. The number of nitrogens with zero attached hydrogens (tertiary/aromatic N) is 1. The van der Waals surface area contributed by atoms with E-state index in [1.165, 1.54) is 6.07 Å². The molecule has 0 spiro atoms. The van der Waals surface area contributed by atoms with E-state index in [0.717, 1.165) is 24.7 Å². The van der Waals surface area contributed by atoms with E-state index in [1.807, 2.05) is 0 Å². The van der Waals surface area contributed by atoms with E-state index in [4.69, 9.17) is 25.4 Å². The van der Waals surface area contributed by atoms with Crippen LogP contribution in [0.2, 0.25) is 0 Å². The van der Waals surface area contributed by atoms with Crippen LogP contribution >= 0.6 is 0 Å². The first-order valence-corrected chi connectivity index (χ1v) is 11.1. The molecule has 1 heterocycles. The summed E-state index contributed by atoms with van der Waals surface area (Å²) in [6.45, 7) is 5.43. The van der Waals surface area contributed by atoms with Gasteiger partial charge in [-0.2, -0.15) is 0 Å². The Hall–Kier alpha value is -3.08. The highest BCUT2D eigenvalue weighted by Gasteiger charge is 2.29. The van der Waals surface area contributed by atoms with E-state index in [2.05, 4.69) is 10.2 Å². The van der Waals surface area contributed by atoms with Crippen LogP contribution in [-0.4, -0.2) is 62.7 Å². The van der Waals surface area contributed by atoms with Gasteiger partial charge in [0.1, 0.15) is 18.3 Å². The number of amidine groups is 1. The van der Waals surface area contributed by atoms with Crippen molar-refractivity contribution in [1.29, 1.82) is 5.41 Å². The molecule has 34 heavy (non-hydrogen) atoms. The number of rotatable bonds is 11. The molecule has 1 amide bonds. The van der Waals surface area contributed by atoms with Crippen molar-refractivity contribution in [1.82, 2.24) is 10.2 Å². The van der Waals surface area contributed by atoms with Crippen molar-refractivity contribution in [2.45, 2.75) is 19.6 Å². The lowest BCUT2D eigenvalue weighted by atomic mass is 10.1. The minimum Gasteiger partial charge on any atom is -0.489 e. The molecular formula is C24H30F2N4O4. The van der Waals surface area contributed by atoms with Gasteiger partial charge in [-0.3, -0.25) is 15.1 Å². The zero-order chi connectivity index (χ0) is 24.5. The van der Waals surface area contributed by atoms with Gasteiger partial charge in [0, 0.05) is 38.3 Å². The number of hydrogen-bond acceptors (Lipinski definition) is 6. The van der Waals surface area contributed by atoms with E-state index in [1.54, 1.807) is 31.2 Å². The fourth-order valence-corrected chi connectivity index (χ4v) is 3.55. The summed E-state index contributed by atoms with van der Waals surface area (Å²) in [4.78, 5) is 15.0. The number of halogens is 2. The Morgan fingerprint density at radius 3 is 2.56 bits per heavy atom. The van der Waals surface area contributed by atoms with Crippen molar-refractivity contribution in [2.75, 3.05) is 46.1 Å². The third-order valence-electron chi connectivity index (χ3n) is 5.43. The van der Waals surface area contributed by atoms with Gasteiger partial charge >= 0.3 is 0 Å². The Bertz CT molecular complexity index is 982. The first-order valence-electron chi connectivity index (χ1n) is 11.1. The van der Waals surface area contributed by atoms with Crippen LogP contribution in [0.25, 0.3) is 0 Å². The lowest BCUT2D eigenvalue weighted by molar-refractivity contribution is -0.133. The van der Waals surface area contributed by atoms with Gasteiger partial charge < -0.3 is 25.3 Å². The molecule has 1 aliphatic heterocycles. The van der Waals surface area contributed by atoms with E-state index < -0.39 is 29.2 Å². The van der Waals surface area contributed by atoms with Gasteiger partial charge in [0.05, 0.1) is 18.8 Å². The van der Waals surface area contributed by atoms with Gasteiger partial charge in [0.2, 0.25) is 0 Å². The van der Waals surface area contributed by atoms with Gasteiger partial charge in [-0.1, -0.05) is 24.3 Å². The van der Waals surface area contributed by atoms with Crippen molar-refractivity contribution >= 4 is 11.7 Å². The average molecular weight is 477 g/mol. The minimum atomic E-state index is -1.48. The SMILES string of the molecule is CCO[C@H](C(=O)NCc1ccc(C(=N)N)cc1)c1c(F)ccc(OCCN2CCOCC2)c1F. The molecule has 1 atom stereocenters. The number of nitrogen functional groups attached to an aromatic ring is 1. The Balaban J connectivity index is 1.68. The molecule has 0 bridgehead atoms. The van der Waals surface area contributed by atoms with Crippen LogP contribution < -0.4 is 15.8 Å². The molecule has 1 saturated heterocycles. The van der Waals surface area contributed by atoms with E-state index in [0.29, 0.717) is 25.3 Å². The van der Waals surface area contributed by atoms with Gasteiger partial charge in [-0.25, -0.2) is 8.78 Å². The summed E-state index contributed by atoms with van der Waals surface area (Å²) in [7, 11) is 0. The largest absolute Gasteiger partial charge is 0.489 e. The van der Waals surface area contributed by atoms with Gasteiger partial charge in [-0.15, -0.1) is 0 Å².